The first-order valence-electron chi connectivity index (χ1n) is 4.08. The molecule has 0 fully saturated rings. The Balaban J connectivity index is 2.83. The van der Waals surface area contributed by atoms with E-state index in [2.05, 4.69) is 4.98 Å². The summed E-state index contributed by atoms with van der Waals surface area (Å²) in [5, 5.41) is 8.84. The number of imidazole rings is 1. The Morgan fingerprint density at radius 3 is 2.69 bits per heavy atom. The molecule has 0 aliphatic heterocycles. The molecular formula is C9H3ClF3N3. The van der Waals surface area contributed by atoms with Gasteiger partial charge >= 0.3 is 6.18 Å². The van der Waals surface area contributed by atoms with E-state index < -0.39 is 11.9 Å². The van der Waals surface area contributed by atoms with Crippen molar-refractivity contribution in [1.29, 1.82) is 5.26 Å². The van der Waals surface area contributed by atoms with Crippen molar-refractivity contribution in [2.75, 3.05) is 0 Å². The summed E-state index contributed by atoms with van der Waals surface area (Å²) in [6, 6.07) is 2.95. The van der Waals surface area contributed by atoms with Crippen LogP contribution in [-0.2, 0) is 6.18 Å². The van der Waals surface area contributed by atoms with Crippen LogP contribution in [0.2, 0.25) is 5.02 Å². The van der Waals surface area contributed by atoms with E-state index in [9.17, 15) is 13.2 Å². The third kappa shape index (κ3) is 1.49. The monoisotopic (exact) mass is 245 g/mol. The van der Waals surface area contributed by atoms with E-state index in [1.807, 2.05) is 0 Å². The first kappa shape index (κ1) is 10.8. The van der Waals surface area contributed by atoms with Gasteiger partial charge < -0.3 is 0 Å². The molecule has 2 heterocycles. The second-order valence-electron chi connectivity index (χ2n) is 2.99. The number of hydrogen-bond donors (Lipinski definition) is 0. The van der Waals surface area contributed by atoms with Crippen LogP contribution in [0.15, 0.2) is 18.5 Å². The van der Waals surface area contributed by atoms with Crippen molar-refractivity contribution < 1.29 is 13.2 Å². The Hall–Kier alpha value is -1.74. The van der Waals surface area contributed by atoms with Gasteiger partial charge in [0, 0.05) is 6.20 Å². The van der Waals surface area contributed by atoms with E-state index in [0.29, 0.717) is 6.20 Å². The molecule has 0 aromatic carbocycles. The van der Waals surface area contributed by atoms with E-state index in [-0.39, 0.29) is 16.2 Å². The fourth-order valence-corrected chi connectivity index (χ4v) is 1.52. The molecule has 0 unspecified atom stereocenters. The van der Waals surface area contributed by atoms with Crippen LogP contribution in [0, 0.1) is 11.3 Å². The number of halogens is 4. The van der Waals surface area contributed by atoms with Gasteiger partial charge in [0.15, 0.2) is 5.65 Å². The highest BCUT2D eigenvalue weighted by Crippen LogP contribution is 2.31. The van der Waals surface area contributed by atoms with Crippen molar-refractivity contribution in [2.24, 2.45) is 0 Å². The van der Waals surface area contributed by atoms with Gasteiger partial charge in [-0.05, 0) is 6.07 Å². The van der Waals surface area contributed by atoms with Gasteiger partial charge in [-0.15, -0.1) is 0 Å². The largest absolute Gasteiger partial charge is 0.433 e. The van der Waals surface area contributed by atoms with Crippen LogP contribution in [0.4, 0.5) is 13.2 Å². The van der Waals surface area contributed by atoms with E-state index >= 15 is 0 Å². The van der Waals surface area contributed by atoms with E-state index in [1.165, 1.54) is 6.07 Å². The van der Waals surface area contributed by atoms with Crippen molar-refractivity contribution >= 4 is 17.2 Å². The minimum Gasteiger partial charge on any atom is -0.295 e. The van der Waals surface area contributed by atoms with Gasteiger partial charge in [-0.25, -0.2) is 4.98 Å². The molecule has 0 aliphatic rings. The molecule has 2 aromatic rings. The molecule has 7 heteroatoms. The quantitative estimate of drug-likeness (QED) is 0.716. The summed E-state index contributed by atoms with van der Waals surface area (Å²) in [6.45, 7) is 0. The molecule has 0 aliphatic carbocycles. The summed E-state index contributed by atoms with van der Waals surface area (Å²) in [4.78, 5) is 3.55. The highest BCUT2D eigenvalue weighted by Gasteiger charge is 2.34. The van der Waals surface area contributed by atoms with E-state index in [4.69, 9.17) is 16.9 Å². The third-order valence-corrected chi connectivity index (χ3v) is 2.35. The second kappa shape index (κ2) is 3.39. The average Bonchev–Trinajstić information content (AvgIpc) is 2.60. The van der Waals surface area contributed by atoms with E-state index in [1.54, 1.807) is 6.07 Å². The first-order valence-corrected chi connectivity index (χ1v) is 4.46. The maximum atomic E-state index is 12.5. The first-order chi connectivity index (χ1) is 7.45. The summed E-state index contributed by atoms with van der Waals surface area (Å²) in [5.41, 5.74) is -1.10. The highest BCUT2D eigenvalue weighted by molar-refractivity contribution is 6.32. The van der Waals surface area contributed by atoms with Crippen molar-refractivity contribution in [1.82, 2.24) is 9.38 Å². The summed E-state index contributed by atoms with van der Waals surface area (Å²) < 4.78 is 38.3. The minimum absolute atomic E-state index is 0.0698. The maximum absolute atomic E-state index is 12.5. The Morgan fingerprint density at radius 2 is 2.12 bits per heavy atom. The molecule has 0 radical (unpaired) electrons. The van der Waals surface area contributed by atoms with Gasteiger partial charge in [0.1, 0.15) is 17.3 Å². The lowest BCUT2D eigenvalue weighted by Gasteiger charge is -2.06. The zero-order valence-electron chi connectivity index (χ0n) is 7.59. The zero-order valence-corrected chi connectivity index (χ0v) is 8.34. The summed E-state index contributed by atoms with van der Waals surface area (Å²) >= 11 is 5.67. The minimum atomic E-state index is -4.51. The number of fused-ring (bicyclic) bond motifs is 1. The molecule has 3 nitrogen and oxygen atoms in total. The number of aromatic nitrogens is 2. The van der Waals surface area contributed by atoms with Crippen molar-refractivity contribution in [3.8, 4) is 6.07 Å². The summed E-state index contributed by atoms with van der Waals surface area (Å²) in [5.74, 6) is 0. The fraction of sp³-hybridized carbons (Fsp3) is 0.111. The lowest BCUT2D eigenvalue weighted by atomic mass is 10.3. The highest BCUT2D eigenvalue weighted by atomic mass is 35.5. The average molecular weight is 246 g/mol. The molecular weight excluding hydrogens is 243 g/mol. The Labute approximate surface area is 92.7 Å². The molecule has 0 amide bonds. The summed E-state index contributed by atoms with van der Waals surface area (Å²) in [7, 11) is 0. The normalized spacial score (nSPS) is 11.7. The summed E-state index contributed by atoms with van der Waals surface area (Å²) in [6.07, 6.45) is -2.71. The van der Waals surface area contributed by atoms with Crippen LogP contribution < -0.4 is 0 Å². The van der Waals surface area contributed by atoms with Crippen molar-refractivity contribution in [2.45, 2.75) is 6.18 Å². The Morgan fingerprint density at radius 1 is 1.44 bits per heavy atom. The van der Waals surface area contributed by atoms with Crippen LogP contribution in [0.25, 0.3) is 5.65 Å². The predicted octanol–water partition coefficient (Wildman–Crippen LogP) is 2.88. The lowest BCUT2D eigenvalue weighted by molar-refractivity contribution is -0.141. The van der Waals surface area contributed by atoms with Gasteiger partial charge in [-0.1, -0.05) is 11.6 Å². The molecule has 0 saturated heterocycles. The molecule has 2 aromatic heterocycles. The van der Waals surface area contributed by atoms with Gasteiger partial charge in [0.05, 0.1) is 11.2 Å². The van der Waals surface area contributed by atoms with Crippen LogP contribution in [0.3, 0.4) is 0 Å². The molecule has 16 heavy (non-hydrogen) atoms. The van der Waals surface area contributed by atoms with Gasteiger partial charge in [-0.3, -0.25) is 4.40 Å². The SMILES string of the molecule is N#Cc1c(Cl)ccn2c(C(F)(F)F)cnc12. The third-order valence-electron chi connectivity index (χ3n) is 2.03. The Kier molecular flexibility index (Phi) is 2.28. The van der Waals surface area contributed by atoms with Crippen LogP contribution in [0.1, 0.15) is 11.3 Å². The number of nitriles is 1. The zero-order chi connectivity index (χ0) is 11.9. The van der Waals surface area contributed by atoms with Gasteiger partial charge in [0.25, 0.3) is 0 Å². The van der Waals surface area contributed by atoms with Crippen molar-refractivity contribution in [3.63, 3.8) is 0 Å². The topological polar surface area (TPSA) is 41.1 Å². The molecule has 2 rings (SSSR count). The number of nitrogens with zero attached hydrogens (tertiary/aromatic N) is 3. The number of alkyl halides is 3. The fourth-order valence-electron chi connectivity index (χ4n) is 1.34. The molecule has 0 saturated carbocycles. The number of pyridine rings is 1. The predicted molar refractivity (Wildman–Crippen MR) is 49.9 cm³/mol. The van der Waals surface area contributed by atoms with Crippen molar-refractivity contribution in [3.05, 3.63) is 34.7 Å². The standard InChI is InChI=1S/C9H3ClF3N3/c10-6-1-2-16-7(9(11,12)13)4-15-8(16)5(6)3-14/h1-2,4H. The van der Waals surface area contributed by atoms with Gasteiger partial charge in [0.2, 0.25) is 0 Å². The molecule has 0 bridgehead atoms. The van der Waals surface area contributed by atoms with Crippen LogP contribution in [-0.4, -0.2) is 9.38 Å². The number of hydrogen-bond acceptors (Lipinski definition) is 2. The van der Waals surface area contributed by atoms with Crippen LogP contribution in [0.5, 0.6) is 0 Å². The molecule has 0 atom stereocenters. The maximum Gasteiger partial charge on any atom is 0.433 e. The molecule has 82 valence electrons. The van der Waals surface area contributed by atoms with Gasteiger partial charge in [-0.2, -0.15) is 18.4 Å². The smallest absolute Gasteiger partial charge is 0.295 e. The van der Waals surface area contributed by atoms with E-state index in [0.717, 1.165) is 10.6 Å². The second-order valence-corrected chi connectivity index (χ2v) is 3.39. The number of rotatable bonds is 0. The Bertz CT molecular complexity index is 594. The van der Waals surface area contributed by atoms with Crippen LogP contribution >= 0.6 is 11.6 Å². The molecule has 0 spiro atoms. The molecule has 0 N–H and O–H groups in total. The lowest BCUT2D eigenvalue weighted by Crippen LogP contribution is -2.08.